The van der Waals surface area contributed by atoms with Crippen LogP contribution in [0.3, 0.4) is 0 Å². The number of carboxylic acid groups (broad SMARTS) is 1. The number of carbonyl (C=O) groups is 2. The Hall–Kier alpha value is -2.68. The number of nitrogens with zero attached hydrogens (tertiary/aromatic N) is 2. The molecule has 1 aliphatic rings. The van der Waals surface area contributed by atoms with E-state index in [0.29, 0.717) is 24.9 Å². The number of amides is 1. The zero-order chi connectivity index (χ0) is 15.3. The predicted octanol–water partition coefficient (Wildman–Crippen LogP) is 2.68. The van der Waals surface area contributed by atoms with Crippen molar-refractivity contribution in [3.05, 3.63) is 29.8 Å². The number of terminal acetylenes is 1. The Morgan fingerprint density at radius 1 is 1.24 bits per heavy atom. The number of anilines is 1. The summed E-state index contributed by atoms with van der Waals surface area (Å²) in [7, 11) is 0. The van der Waals surface area contributed by atoms with Gasteiger partial charge in [-0.05, 0) is 24.3 Å². The first-order valence-corrected chi connectivity index (χ1v) is 6.55. The fraction of sp³-hybridized carbons (Fsp3) is 0.333. The van der Waals surface area contributed by atoms with Gasteiger partial charge in [-0.3, -0.25) is 4.79 Å². The molecule has 0 unspecified atom stereocenters. The summed E-state index contributed by atoms with van der Waals surface area (Å²) < 4.78 is 0. The summed E-state index contributed by atoms with van der Waals surface area (Å²) in [4.78, 5) is 22.5. The molecule has 1 aromatic rings. The van der Waals surface area contributed by atoms with Crippen molar-refractivity contribution >= 4 is 17.6 Å². The van der Waals surface area contributed by atoms with Crippen LogP contribution in [0.15, 0.2) is 34.5 Å². The number of carbonyl (C=O) groups excluding carboxylic acids is 1. The molecule has 0 radical (unpaired) electrons. The van der Waals surface area contributed by atoms with Crippen molar-refractivity contribution in [1.29, 1.82) is 0 Å². The summed E-state index contributed by atoms with van der Waals surface area (Å²) in [6.07, 6.45) is 7.29. The molecule has 2 N–H and O–H groups in total. The molecule has 6 heteroatoms. The lowest BCUT2D eigenvalue weighted by Gasteiger charge is -2.09. The van der Waals surface area contributed by atoms with Crippen LogP contribution < -0.4 is 5.32 Å². The molecule has 0 fully saturated rings. The van der Waals surface area contributed by atoms with Crippen molar-refractivity contribution in [2.24, 2.45) is 10.2 Å². The topological polar surface area (TPSA) is 91.1 Å². The molecule has 0 bridgehead atoms. The van der Waals surface area contributed by atoms with Crippen LogP contribution in [-0.4, -0.2) is 22.6 Å². The Bertz CT molecular complexity index is 608. The monoisotopic (exact) mass is 285 g/mol. The third kappa shape index (κ3) is 4.14. The van der Waals surface area contributed by atoms with E-state index < -0.39 is 11.6 Å². The fourth-order valence-corrected chi connectivity index (χ4v) is 1.90. The van der Waals surface area contributed by atoms with E-state index in [0.717, 1.165) is 0 Å². The maximum absolute atomic E-state index is 11.8. The van der Waals surface area contributed by atoms with Crippen LogP contribution in [-0.2, 0) is 4.79 Å². The largest absolute Gasteiger partial charge is 0.478 e. The lowest BCUT2D eigenvalue weighted by Crippen LogP contribution is -2.17. The Morgan fingerprint density at radius 3 is 2.43 bits per heavy atom. The van der Waals surface area contributed by atoms with E-state index in [4.69, 9.17) is 11.5 Å². The van der Waals surface area contributed by atoms with Gasteiger partial charge in [-0.25, -0.2) is 4.79 Å². The third-order valence-electron chi connectivity index (χ3n) is 3.22. The van der Waals surface area contributed by atoms with Crippen molar-refractivity contribution in [3.63, 3.8) is 0 Å². The number of hydrogen-bond acceptors (Lipinski definition) is 4. The highest BCUT2D eigenvalue weighted by molar-refractivity contribution is 5.92. The van der Waals surface area contributed by atoms with Gasteiger partial charge < -0.3 is 10.4 Å². The van der Waals surface area contributed by atoms with Gasteiger partial charge in [0.15, 0.2) is 5.66 Å². The Labute approximate surface area is 122 Å². The van der Waals surface area contributed by atoms with Crippen LogP contribution in [0.1, 0.15) is 36.0 Å². The van der Waals surface area contributed by atoms with Gasteiger partial charge in [0.25, 0.3) is 0 Å². The maximum atomic E-state index is 11.8. The summed E-state index contributed by atoms with van der Waals surface area (Å²) in [6, 6.07) is 6.00. The van der Waals surface area contributed by atoms with Gasteiger partial charge in [0.2, 0.25) is 5.91 Å². The number of nitrogens with one attached hydrogen (secondary N) is 1. The molecule has 0 atom stereocenters. The van der Waals surface area contributed by atoms with Gasteiger partial charge in [-0.2, -0.15) is 10.2 Å². The van der Waals surface area contributed by atoms with E-state index in [9.17, 15) is 9.59 Å². The van der Waals surface area contributed by atoms with Gasteiger partial charge >= 0.3 is 5.97 Å². The maximum Gasteiger partial charge on any atom is 0.335 e. The average Bonchev–Trinajstić information content (AvgIpc) is 3.24. The smallest absolute Gasteiger partial charge is 0.335 e. The minimum absolute atomic E-state index is 0.157. The Balaban J connectivity index is 1.79. The molecule has 0 spiro atoms. The molecule has 1 aliphatic heterocycles. The Kier molecular flexibility index (Phi) is 4.33. The highest BCUT2D eigenvalue weighted by Crippen LogP contribution is 2.37. The average molecular weight is 285 g/mol. The van der Waals surface area contributed by atoms with Crippen LogP contribution in [0.2, 0.25) is 0 Å². The predicted molar refractivity (Wildman–Crippen MR) is 76.9 cm³/mol. The molecule has 0 saturated heterocycles. The molecule has 2 rings (SSSR count). The second-order valence-corrected chi connectivity index (χ2v) is 4.82. The second-order valence-electron chi connectivity index (χ2n) is 4.82. The molecule has 21 heavy (non-hydrogen) atoms. The molecule has 0 saturated carbocycles. The summed E-state index contributed by atoms with van der Waals surface area (Å²) in [5, 5.41) is 19.4. The van der Waals surface area contributed by atoms with Gasteiger partial charge in [0, 0.05) is 31.4 Å². The van der Waals surface area contributed by atoms with E-state index >= 15 is 0 Å². The van der Waals surface area contributed by atoms with Gasteiger partial charge in [-0.15, -0.1) is 12.3 Å². The van der Waals surface area contributed by atoms with Crippen molar-refractivity contribution < 1.29 is 14.7 Å². The van der Waals surface area contributed by atoms with E-state index in [2.05, 4.69) is 21.5 Å². The van der Waals surface area contributed by atoms with Crippen molar-refractivity contribution in [2.45, 2.75) is 31.3 Å². The van der Waals surface area contributed by atoms with E-state index in [1.54, 1.807) is 12.1 Å². The molecule has 6 nitrogen and oxygen atoms in total. The van der Waals surface area contributed by atoms with Gasteiger partial charge in [0.1, 0.15) is 0 Å². The SMILES string of the molecule is C#CCCC1(CCC(=O)Nc2ccc(C(=O)O)cc2)N=N1. The zero-order valence-electron chi connectivity index (χ0n) is 11.4. The number of rotatable bonds is 7. The summed E-state index contributed by atoms with van der Waals surface area (Å²) in [6.45, 7) is 0. The van der Waals surface area contributed by atoms with Crippen LogP contribution in [0.25, 0.3) is 0 Å². The van der Waals surface area contributed by atoms with E-state index in [-0.39, 0.29) is 17.9 Å². The van der Waals surface area contributed by atoms with Crippen LogP contribution in [0.4, 0.5) is 5.69 Å². The van der Waals surface area contributed by atoms with Crippen molar-refractivity contribution in [2.75, 3.05) is 5.32 Å². The Morgan fingerprint density at radius 2 is 1.90 bits per heavy atom. The molecule has 1 aromatic carbocycles. The normalized spacial score (nSPS) is 14.2. The lowest BCUT2D eigenvalue weighted by atomic mass is 10.0. The van der Waals surface area contributed by atoms with Gasteiger partial charge in [0.05, 0.1) is 5.56 Å². The molecule has 1 heterocycles. The minimum Gasteiger partial charge on any atom is -0.478 e. The first kappa shape index (κ1) is 14.7. The molecule has 0 aliphatic carbocycles. The summed E-state index contributed by atoms with van der Waals surface area (Å²) in [5.41, 5.74) is 0.279. The summed E-state index contributed by atoms with van der Waals surface area (Å²) in [5.74, 6) is 1.38. The number of carboxylic acids is 1. The van der Waals surface area contributed by atoms with Crippen LogP contribution in [0.5, 0.6) is 0 Å². The van der Waals surface area contributed by atoms with Gasteiger partial charge in [-0.1, -0.05) is 0 Å². The van der Waals surface area contributed by atoms with Crippen LogP contribution in [0, 0.1) is 12.3 Å². The molecule has 0 aromatic heterocycles. The third-order valence-corrected chi connectivity index (χ3v) is 3.22. The molecule has 1 amide bonds. The summed E-state index contributed by atoms with van der Waals surface area (Å²) >= 11 is 0. The number of aromatic carboxylic acids is 1. The number of hydrogen-bond donors (Lipinski definition) is 2. The zero-order valence-corrected chi connectivity index (χ0v) is 11.4. The van der Waals surface area contributed by atoms with Crippen molar-refractivity contribution in [3.8, 4) is 12.3 Å². The highest BCUT2D eigenvalue weighted by Gasteiger charge is 2.39. The molecular weight excluding hydrogens is 270 g/mol. The second kappa shape index (κ2) is 6.18. The standard InChI is InChI=1S/C15H15N3O3/c1-2-3-9-15(17-18-15)10-8-13(19)16-12-6-4-11(5-7-12)14(20)21/h1,4-7H,3,8-10H2,(H,16,19)(H,20,21). The first-order valence-electron chi connectivity index (χ1n) is 6.55. The minimum atomic E-state index is -1.000. The quantitative estimate of drug-likeness (QED) is 0.754. The molecule has 108 valence electrons. The molecular formula is C15H15N3O3. The number of benzene rings is 1. The highest BCUT2D eigenvalue weighted by atomic mass is 16.4. The first-order chi connectivity index (χ1) is 10.0. The lowest BCUT2D eigenvalue weighted by molar-refractivity contribution is -0.116. The van der Waals surface area contributed by atoms with Crippen LogP contribution >= 0.6 is 0 Å². The van der Waals surface area contributed by atoms with E-state index in [1.807, 2.05) is 0 Å². The van der Waals surface area contributed by atoms with Crippen molar-refractivity contribution in [1.82, 2.24) is 0 Å². The van der Waals surface area contributed by atoms with E-state index in [1.165, 1.54) is 12.1 Å². The fourth-order valence-electron chi connectivity index (χ4n) is 1.90.